The second kappa shape index (κ2) is 13.2. The molecule has 0 spiro atoms. The van der Waals surface area contributed by atoms with Crippen molar-refractivity contribution in [2.24, 2.45) is 5.16 Å². The molecule has 30 heavy (non-hydrogen) atoms. The van der Waals surface area contributed by atoms with E-state index in [0.717, 1.165) is 44.0 Å². The van der Waals surface area contributed by atoms with Gasteiger partial charge in [0, 0.05) is 12.6 Å². The Morgan fingerprint density at radius 1 is 0.967 bits per heavy atom. The van der Waals surface area contributed by atoms with Gasteiger partial charge >= 0.3 is 0 Å². The number of aryl methyl sites for hydroxylation is 1. The molecule has 2 aromatic rings. The molecule has 1 atom stereocenters. The molecule has 0 saturated carbocycles. The van der Waals surface area contributed by atoms with E-state index in [0.29, 0.717) is 6.61 Å². The zero-order valence-corrected chi connectivity index (χ0v) is 18.6. The van der Waals surface area contributed by atoms with E-state index in [1.165, 1.54) is 49.8 Å². The summed E-state index contributed by atoms with van der Waals surface area (Å²) in [5.41, 5.74) is 3.67. The summed E-state index contributed by atoms with van der Waals surface area (Å²) in [7, 11) is 0. The van der Waals surface area contributed by atoms with Crippen LogP contribution >= 0.6 is 0 Å². The first-order chi connectivity index (χ1) is 14.9. The number of nitrogens with zero attached hydrogens (tertiary/aromatic N) is 2. The third-order valence-electron chi connectivity index (χ3n) is 6.15. The molecule has 0 N–H and O–H groups in total. The fourth-order valence-electron chi connectivity index (χ4n) is 4.41. The molecular weight excluding hydrogens is 368 g/mol. The number of oxime groups is 1. The number of likely N-dealkylation sites (tertiary alicyclic amines) is 1. The van der Waals surface area contributed by atoms with E-state index in [-0.39, 0.29) is 0 Å². The molecule has 1 fully saturated rings. The minimum atomic E-state index is 0.702. The Hall–Kier alpha value is -2.13. The van der Waals surface area contributed by atoms with E-state index < -0.39 is 0 Å². The lowest BCUT2D eigenvalue weighted by atomic mass is 10.00. The van der Waals surface area contributed by atoms with Crippen molar-refractivity contribution in [3.8, 4) is 0 Å². The van der Waals surface area contributed by atoms with Crippen molar-refractivity contribution in [1.29, 1.82) is 0 Å². The quantitative estimate of drug-likeness (QED) is 0.229. The van der Waals surface area contributed by atoms with Crippen LogP contribution in [-0.2, 0) is 11.3 Å². The number of hydrogen-bond acceptors (Lipinski definition) is 3. The van der Waals surface area contributed by atoms with Crippen molar-refractivity contribution >= 4 is 5.71 Å². The minimum Gasteiger partial charge on any atom is -0.396 e. The van der Waals surface area contributed by atoms with Crippen molar-refractivity contribution in [1.82, 2.24) is 4.90 Å². The molecule has 1 heterocycles. The normalized spacial score (nSPS) is 17.8. The van der Waals surface area contributed by atoms with E-state index in [9.17, 15) is 0 Å². The molecule has 0 aromatic heterocycles. The van der Waals surface area contributed by atoms with E-state index >= 15 is 0 Å². The zero-order chi connectivity index (χ0) is 20.9. The van der Waals surface area contributed by atoms with Gasteiger partial charge in [0.2, 0.25) is 0 Å². The van der Waals surface area contributed by atoms with Crippen LogP contribution in [0, 0.1) is 0 Å². The fourth-order valence-corrected chi connectivity index (χ4v) is 4.41. The second-order valence-electron chi connectivity index (χ2n) is 8.38. The Balaban J connectivity index is 1.44. The lowest BCUT2D eigenvalue weighted by Crippen LogP contribution is -2.39. The third kappa shape index (κ3) is 7.60. The van der Waals surface area contributed by atoms with Crippen LogP contribution in [0.2, 0.25) is 0 Å². The lowest BCUT2D eigenvalue weighted by Gasteiger charge is -2.35. The van der Waals surface area contributed by atoms with Crippen LogP contribution in [0.25, 0.3) is 0 Å². The van der Waals surface area contributed by atoms with Crippen LogP contribution in [0.1, 0.15) is 69.4 Å². The highest BCUT2D eigenvalue weighted by Crippen LogP contribution is 2.19. The average Bonchev–Trinajstić information content (AvgIpc) is 2.81. The van der Waals surface area contributed by atoms with Gasteiger partial charge in [0.05, 0.1) is 5.71 Å². The lowest BCUT2D eigenvalue weighted by molar-refractivity contribution is 0.102. The first kappa shape index (κ1) is 22.6. The average molecular weight is 407 g/mol. The molecule has 1 saturated heterocycles. The van der Waals surface area contributed by atoms with Gasteiger partial charge in [-0.3, -0.25) is 0 Å². The predicted molar refractivity (Wildman–Crippen MR) is 127 cm³/mol. The van der Waals surface area contributed by atoms with Crippen molar-refractivity contribution in [3.05, 3.63) is 71.8 Å². The van der Waals surface area contributed by atoms with Crippen LogP contribution in [0.3, 0.4) is 0 Å². The van der Waals surface area contributed by atoms with E-state index in [2.05, 4.69) is 77.6 Å². The van der Waals surface area contributed by atoms with Gasteiger partial charge in [-0.2, -0.15) is 0 Å². The standard InChI is InChI=1S/C27H38N2O/c1-2-26-19-11-12-21-29(26)22-13-23-30-28-27(25-17-7-4-8-18-25)20-10-9-16-24-14-5-3-6-15-24/h3-8,14-15,17-18,26H,2,9-13,16,19-23H2,1H3/b28-27+. The van der Waals surface area contributed by atoms with Gasteiger partial charge in [0.15, 0.2) is 0 Å². The summed E-state index contributed by atoms with van der Waals surface area (Å²) in [5.74, 6) is 0. The first-order valence-electron chi connectivity index (χ1n) is 11.9. The van der Waals surface area contributed by atoms with Crippen molar-refractivity contribution in [2.45, 2.75) is 70.8 Å². The molecule has 162 valence electrons. The highest BCUT2D eigenvalue weighted by molar-refractivity contribution is 6.00. The Kier molecular flexibility index (Phi) is 9.94. The van der Waals surface area contributed by atoms with Gasteiger partial charge in [-0.05, 0) is 69.0 Å². The van der Waals surface area contributed by atoms with Crippen molar-refractivity contribution in [3.63, 3.8) is 0 Å². The highest BCUT2D eigenvalue weighted by atomic mass is 16.6. The molecule has 0 aliphatic carbocycles. The van der Waals surface area contributed by atoms with Crippen molar-refractivity contribution in [2.75, 3.05) is 19.7 Å². The van der Waals surface area contributed by atoms with Crippen LogP contribution < -0.4 is 0 Å². The van der Waals surface area contributed by atoms with E-state index in [1.54, 1.807) is 0 Å². The van der Waals surface area contributed by atoms with Gasteiger partial charge in [-0.1, -0.05) is 79.2 Å². The van der Waals surface area contributed by atoms with Gasteiger partial charge in [0.25, 0.3) is 0 Å². The molecule has 1 unspecified atom stereocenters. The maximum absolute atomic E-state index is 5.79. The molecule has 2 aromatic carbocycles. The Bertz CT molecular complexity index is 729. The summed E-state index contributed by atoms with van der Waals surface area (Å²) in [6, 6.07) is 22.0. The molecule has 1 aliphatic rings. The summed E-state index contributed by atoms with van der Waals surface area (Å²) >= 11 is 0. The van der Waals surface area contributed by atoms with Crippen LogP contribution in [0.4, 0.5) is 0 Å². The summed E-state index contributed by atoms with van der Waals surface area (Å²) in [6.07, 6.45) is 10.8. The van der Waals surface area contributed by atoms with Gasteiger partial charge in [-0.25, -0.2) is 0 Å². The number of rotatable bonds is 12. The summed E-state index contributed by atoms with van der Waals surface area (Å²) in [6.45, 7) is 5.39. The summed E-state index contributed by atoms with van der Waals surface area (Å²) < 4.78 is 0. The molecule has 0 amide bonds. The van der Waals surface area contributed by atoms with E-state index in [1.807, 2.05) is 0 Å². The first-order valence-corrected chi connectivity index (χ1v) is 11.9. The topological polar surface area (TPSA) is 24.8 Å². The maximum Gasteiger partial charge on any atom is 0.118 e. The predicted octanol–water partition coefficient (Wildman–Crippen LogP) is 6.47. The monoisotopic (exact) mass is 406 g/mol. The molecule has 3 nitrogen and oxygen atoms in total. The zero-order valence-electron chi connectivity index (χ0n) is 18.6. The number of unbranched alkanes of at least 4 members (excludes halogenated alkanes) is 1. The largest absolute Gasteiger partial charge is 0.396 e. The molecule has 0 bridgehead atoms. The van der Waals surface area contributed by atoms with Crippen LogP contribution in [0.5, 0.6) is 0 Å². The smallest absolute Gasteiger partial charge is 0.118 e. The second-order valence-corrected chi connectivity index (χ2v) is 8.38. The van der Waals surface area contributed by atoms with Crippen LogP contribution in [0.15, 0.2) is 65.8 Å². The summed E-state index contributed by atoms with van der Waals surface area (Å²) in [5, 5.41) is 4.56. The Morgan fingerprint density at radius 3 is 2.50 bits per heavy atom. The fraction of sp³-hybridized carbons (Fsp3) is 0.519. The molecular formula is C27H38N2O. The highest BCUT2D eigenvalue weighted by Gasteiger charge is 2.19. The van der Waals surface area contributed by atoms with Gasteiger partial charge in [0.1, 0.15) is 6.61 Å². The SMILES string of the molecule is CCC1CCCCN1CCCO/N=C(\CCCCc1ccccc1)c1ccccc1. The minimum absolute atomic E-state index is 0.702. The van der Waals surface area contributed by atoms with E-state index in [4.69, 9.17) is 4.84 Å². The number of hydrogen-bond donors (Lipinski definition) is 0. The molecule has 3 heteroatoms. The van der Waals surface area contributed by atoms with Crippen LogP contribution in [-0.4, -0.2) is 36.3 Å². The molecule has 3 rings (SSSR count). The van der Waals surface area contributed by atoms with Gasteiger partial charge in [-0.15, -0.1) is 0 Å². The Morgan fingerprint density at radius 2 is 1.73 bits per heavy atom. The summed E-state index contributed by atoms with van der Waals surface area (Å²) in [4.78, 5) is 8.44. The molecule has 1 aliphatic heterocycles. The molecule has 0 radical (unpaired) electrons. The van der Waals surface area contributed by atoms with Crippen molar-refractivity contribution < 1.29 is 4.84 Å². The number of benzene rings is 2. The Labute approximate surface area is 183 Å². The van der Waals surface area contributed by atoms with Gasteiger partial charge < -0.3 is 9.74 Å². The maximum atomic E-state index is 5.79. The third-order valence-corrected chi connectivity index (χ3v) is 6.15. The number of piperidine rings is 1.